The van der Waals surface area contributed by atoms with Crippen molar-refractivity contribution < 1.29 is 18.0 Å². The average molecular weight is 334 g/mol. The van der Waals surface area contributed by atoms with E-state index in [2.05, 4.69) is 10.3 Å². The largest absolute Gasteiger partial charge is 0.298 e. The number of halogens is 3. The lowest BCUT2D eigenvalue weighted by atomic mass is 10.2. The minimum atomic E-state index is -0.946. The van der Waals surface area contributed by atoms with Gasteiger partial charge in [-0.25, -0.2) is 18.2 Å². The molecule has 3 rings (SSSR count). The highest BCUT2D eigenvalue weighted by molar-refractivity contribution is 7.14. The Balaban J connectivity index is 1.82. The van der Waals surface area contributed by atoms with Crippen LogP contribution in [-0.4, -0.2) is 10.9 Å². The maximum Gasteiger partial charge on any atom is 0.263 e. The molecule has 0 aliphatic carbocycles. The summed E-state index contributed by atoms with van der Waals surface area (Å²) >= 11 is 1.10. The van der Waals surface area contributed by atoms with E-state index < -0.39 is 23.1 Å². The third-order valence-corrected chi connectivity index (χ3v) is 3.81. The Morgan fingerprint density at radius 2 is 1.65 bits per heavy atom. The van der Waals surface area contributed by atoms with Gasteiger partial charge in [-0.1, -0.05) is 6.07 Å². The first-order chi connectivity index (χ1) is 11.0. The van der Waals surface area contributed by atoms with Gasteiger partial charge in [-0.15, -0.1) is 11.3 Å². The number of hydrogen-bond donors (Lipinski definition) is 1. The summed E-state index contributed by atoms with van der Waals surface area (Å²) in [6.07, 6.45) is 0. The van der Waals surface area contributed by atoms with Crippen LogP contribution in [0.5, 0.6) is 0 Å². The van der Waals surface area contributed by atoms with Crippen LogP contribution in [-0.2, 0) is 0 Å². The quantitative estimate of drug-likeness (QED) is 0.767. The highest BCUT2D eigenvalue weighted by atomic mass is 32.1. The molecule has 0 saturated heterocycles. The second kappa shape index (κ2) is 6.21. The van der Waals surface area contributed by atoms with Crippen LogP contribution in [0.2, 0.25) is 0 Å². The number of aromatic nitrogens is 1. The van der Waals surface area contributed by atoms with Crippen molar-refractivity contribution in [2.75, 3.05) is 5.32 Å². The minimum absolute atomic E-state index is 0.192. The average Bonchev–Trinajstić information content (AvgIpc) is 2.96. The number of hydrogen-bond acceptors (Lipinski definition) is 3. The highest BCUT2D eigenvalue weighted by Gasteiger charge is 2.18. The minimum Gasteiger partial charge on any atom is -0.298 e. The lowest BCUT2D eigenvalue weighted by Crippen LogP contribution is -2.15. The molecular formula is C16H9F3N2OS. The van der Waals surface area contributed by atoms with E-state index in [0.717, 1.165) is 23.5 Å². The molecule has 3 aromatic rings. The second-order valence-corrected chi connectivity index (χ2v) is 5.45. The first-order valence-electron chi connectivity index (χ1n) is 6.51. The molecule has 1 aromatic heterocycles. The summed E-state index contributed by atoms with van der Waals surface area (Å²) in [5, 5.41) is 4.20. The van der Waals surface area contributed by atoms with Crippen LogP contribution in [0.3, 0.4) is 0 Å². The van der Waals surface area contributed by atoms with Gasteiger partial charge in [-0.3, -0.25) is 10.1 Å². The van der Waals surface area contributed by atoms with E-state index in [1.165, 1.54) is 18.2 Å². The standard InChI is InChI=1S/C16H9F3N2OS/c17-10-6-4-9(5-7-10)13-8-23-16(20-13)21-15(22)14-11(18)2-1-3-12(14)19/h1-8H,(H,20,21,22). The first kappa shape index (κ1) is 15.2. The zero-order valence-corrected chi connectivity index (χ0v) is 12.3. The van der Waals surface area contributed by atoms with Crippen LogP contribution < -0.4 is 5.32 Å². The molecule has 1 N–H and O–H groups in total. The van der Waals surface area contributed by atoms with Crippen molar-refractivity contribution in [3.63, 3.8) is 0 Å². The molecule has 7 heteroatoms. The second-order valence-electron chi connectivity index (χ2n) is 4.60. The molecule has 2 aromatic carbocycles. The molecule has 1 heterocycles. The van der Waals surface area contributed by atoms with Crippen molar-refractivity contribution in [1.82, 2.24) is 4.98 Å². The third kappa shape index (κ3) is 3.24. The molecule has 0 fully saturated rings. The van der Waals surface area contributed by atoms with E-state index in [-0.39, 0.29) is 10.9 Å². The van der Waals surface area contributed by atoms with Crippen LogP contribution in [0.25, 0.3) is 11.3 Å². The number of amides is 1. The van der Waals surface area contributed by atoms with Crippen LogP contribution >= 0.6 is 11.3 Å². The third-order valence-electron chi connectivity index (χ3n) is 3.05. The molecule has 0 aliphatic heterocycles. The Hall–Kier alpha value is -2.67. The predicted octanol–water partition coefficient (Wildman–Crippen LogP) is 4.48. The summed E-state index contributed by atoms with van der Waals surface area (Å²) in [5.41, 5.74) is 0.533. The molecule has 116 valence electrons. The van der Waals surface area contributed by atoms with Gasteiger partial charge in [0.15, 0.2) is 5.13 Å². The predicted molar refractivity (Wildman–Crippen MR) is 81.8 cm³/mol. The van der Waals surface area contributed by atoms with E-state index in [4.69, 9.17) is 0 Å². The summed E-state index contributed by atoms with van der Waals surface area (Å²) in [6, 6.07) is 8.87. The van der Waals surface area contributed by atoms with Gasteiger partial charge in [-0.05, 0) is 36.4 Å². The fourth-order valence-corrected chi connectivity index (χ4v) is 2.67. The number of carbonyl (C=O) groups is 1. The van der Waals surface area contributed by atoms with Gasteiger partial charge >= 0.3 is 0 Å². The number of nitrogens with zero attached hydrogens (tertiary/aromatic N) is 1. The molecule has 23 heavy (non-hydrogen) atoms. The smallest absolute Gasteiger partial charge is 0.263 e. The molecule has 0 saturated carbocycles. The van der Waals surface area contributed by atoms with Gasteiger partial charge in [0.2, 0.25) is 0 Å². The van der Waals surface area contributed by atoms with Crippen molar-refractivity contribution in [3.8, 4) is 11.3 Å². The summed E-state index contributed by atoms with van der Waals surface area (Å²) in [7, 11) is 0. The molecule has 0 atom stereocenters. The summed E-state index contributed by atoms with van der Waals surface area (Å²) < 4.78 is 40.0. The van der Waals surface area contributed by atoms with Gasteiger partial charge < -0.3 is 0 Å². The van der Waals surface area contributed by atoms with Crippen molar-refractivity contribution in [2.45, 2.75) is 0 Å². The molecule has 0 bridgehead atoms. The normalized spacial score (nSPS) is 10.6. The summed E-state index contributed by atoms with van der Waals surface area (Å²) in [4.78, 5) is 16.1. The summed E-state index contributed by atoms with van der Waals surface area (Å²) in [6.45, 7) is 0. The van der Waals surface area contributed by atoms with E-state index in [0.29, 0.717) is 11.3 Å². The topological polar surface area (TPSA) is 42.0 Å². The molecule has 3 nitrogen and oxygen atoms in total. The van der Waals surface area contributed by atoms with E-state index in [9.17, 15) is 18.0 Å². The van der Waals surface area contributed by atoms with Gasteiger partial charge in [-0.2, -0.15) is 0 Å². The number of thiazole rings is 1. The van der Waals surface area contributed by atoms with Crippen LogP contribution in [0.1, 0.15) is 10.4 Å². The Morgan fingerprint density at radius 1 is 1.00 bits per heavy atom. The Labute approximate surface area is 133 Å². The Morgan fingerprint density at radius 3 is 2.30 bits per heavy atom. The van der Waals surface area contributed by atoms with Crippen molar-refractivity contribution in [3.05, 3.63) is 70.9 Å². The lowest BCUT2D eigenvalue weighted by Gasteiger charge is -2.04. The Bertz CT molecular complexity index is 842. The fourth-order valence-electron chi connectivity index (χ4n) is 1.96. The van der Waals surface area contributed by atoms with Crippen molar-refractivity contribution in [1.29, 1.82) is 0 Å². The Kier molecular flexibility index (Phi) is 4.12. The zero-order valence-electron chi connectivity index (χ0n) is 11.5. The summed E-state index contributed by atoms with van der Waals surface area (Å²) in [5.74, 6) is -3.18. The van der Waals surface area contributed by atoms with Crippen LogP contribution in [0.4, 0.5) is 18.3 Å². The first-order valence-corrected chi connectivity index (χ1v) is 7.39. The number of benzene rings is 2. The van der Waals surface area contributed by atoms with Crippen LogP contribution in [0.15, 0.2) is 47.8 Å². The number of rotatable bonds is 3. The van der Waals surface area contributed by atoms with E-state index in [1.807, 2.05) is 0 Å². The number of anilines is 1. The zero-order chi connectivity index (χ0) is 16.4. The van der Waals surface area contributed by atoms with Gasteiger partial charge in [0.05, 0.1) is 5.69 Å². The maximum atomic E-state index is 13.6. The molecule has 0 spiro atoms. The van der Waals surface area contributed by atoms with Gasteiger partial charge in [0, 0.05) is 10.9 Å². The highest BCUT2D eigenvalue weighted by Crippen LogP contribution is 2.25. The maximum absolute atomic E-state index is 13.6. The number of nitrogens with one attached hydrogen (secondary N) is 1. The lowest BCUT2D eigenvalue weighted by molar-refractivity contribution is 0.101. The van der Waals surface area contributed by atoms with Gasteiger partial charge in [0.1, 0.15) is 23.0 Å². The fraction of sp³-hybridized carbons (Fsp3) is 0. The monoisotopic (exact) mass is 334 g/mol. The SMILES string of the molecule is O=C(Nc1nc(-c2ccc(F)cc2)cs1)c1c(F)cccc1F. The number of carbonyl (C=O) groups excluding carboxylic acids is 1. The molecule has 0 radical (unpaired) electrons. The molecule has 0 unspecified atom stereocenters. The molecule has 0 aliphatic rings. The molecular weight excluding hydrogens is 325 g/mol. The van der Waals surface area contributed by atoms with Gasteiger partial charge in [0.25, 0.3) is 5.91 Å². The molecule has 1 amide bonds. The van der Waals surface area contributed by atoms with E-state index >= 15 is 0 Å². The van der Waals surface area contributed by atoms with E-state index in [1.54, 1.807) is 17.5 Å². The van der Waals surface area contributed by atoms with Crippen molar-refractivity contribution >= 4 is 22.4 Å². The van der Waals surface area contributed by atoms with Crippen LogP contribution in [0, 0.1) is 17.5 Å². The van der Waals surface area contributed by atoms with Crippen molar-refractivity contribution in [2.24, 2.45) is 0 Å².